The lowest BCUT2D eigenvalue weighted by atomic mass is 9.85. The Kier molecular flexibility index (Phi) is 6.20. The van der Waals surface area contributed by atoms with E-state index < -0.39 is 28.8 Å². The Labute approximate surface area is 133 Å². The molecule has 0 atom stereocenters. The van der Waals surface area contributed by atoms with Crippen molar-refractivity contribution in [3.63, 3.8) is 0 Å². The predicted molar refractivity (Wildman–Crippen MR) is 82.6 cm³/mol. The number of nitro groups is 1. The topological polar surface area (TPSA) is 119 Å². The smallest absolute Gasteiger partial charge is 0.329 e. The molecule has 1 rings (SSSR count). The third-order valence-electron chi connectivity index (χ3n) is 3.02. The number of carboxylic acids is 1. The van der Waals surface area contributed by atoms with Crippen LogP contribution >= 0.6 is 0 Å². The minimum atomic E-state index is -1.09. The zero-order valence-electron chi connectivity index (χ0n) is 13.3. The fourth-order valence-electron chi connectivity index (χ4n) is 1.96. The number of rotatable bonds is 7. The molecule has 0 heterocycles. The quantitative estimate of drug-likeness (QED) is 0.448. The highest BCUT2D eigenvalue weighted by atomic mass is 16.6. The first kappa shape index (κ1) is 18.6. The number of ether oxygens (including phenoxy) is 1. The van der Waals surface area contributed by atoms with Gasteiger partial charge in [-0.25, -0.2) is 4.79 Å². The molecule has 8 heteroatoms. The molecular formula is C15H20N2O6. The van der Waals surface area contributed by atoms with Gasteiger partial charge >= 0.3 is 5.97 Å². The first-order valence-electron chi connectivity index (χ1n) is 6.99. The molecule has 23 heavy (non-hydrogen) atoms. The van der Waals surface area contributed by atoms with Gasteiger partial charge in [-0.05, 0) is 11.5 Å². The largest absolute Gasteiger partial charge is 0.480 e. The average molecular weight is 324 g/mol. The molecule has 0 aliphatic heterocycles. The summed E-state index contributed by atoms with van der Waals surface area (Å²) >= 11 is 0. The number of aliphatic carboxylic acids is 1. The zero-order valence-corrected chi connectivity index (χ0v) is 13.3. The Morgan fingerprint density at radius 2 is 2.00 bits per heavy atom. The van der Waals surface area contributed by atoms with Crippen LogP contribution in [0.15, 0.2) is 18.2 Å². The van der Waals surface area contributed by atoms with Gasteiger partial charge in [-0.2, -0.15) is 0 Å². The molecule has 1 aromatic rings. The molecule has 0 aliphatic rings. The van der Waals surface area contributed by atoms with Crippen LogP contribution in [0.3, 0.4) is 0 Å². The summed E-state index contributed by atoms with van der Waals surface area (Å²) in [6, 6.07) is 4.35. The second-order valence-electron chi connectivity index (χ2n) is 5.94. The van der Waals surface area contributed by atoms with Gasteiger partial charge in [0, 0.05) is 23.7 Å². The molecule has 0 bridgehead atoms. The number of benzene rings is 1. The second kappa shape index (κ2) is 7.68. The lowest BCUT2D eigenvalue weighted by Gasteiger charge is -2.19. The fraction of sp³-hybridized carbons (Fsp3) is 0.467. The molecule has 0 saturated heterocycles. The molecule has 0 spiro atoms. The number of carbonyl (C=O) groups is 2. The maximum absolute atomic E-state index is 12.0. The summed E-state index contributed by atoms with van der Waals surface area (Å²) < 4.78 is 4.78. The van der Waals surface area contributed by atoms with Crippen LogP contribution in [0.1, 0.15) is 36.7 Å². The van der Waals surface area contributed by atoms with Crippen LogP contribution in [0, 0.1) is 10.1 Å². The van der Waals surface area contributed by atoms with Gasteiger partial charge in [-0.15, -0.1) is 0 Å². The van der Waals surface area contributed by atoms with Gasteiger partial charge in [0.05, 0.1) is 11.5 Å². The summed E-state index contributed by atoms with van der Waals surface area (Å²) in [5.41, 5.74) is 0.196. The minimum absolute atomic E-state index is 0.0419. The SMILES string of the molecule is CC(C)(C)c1ccc(C(=O)NCCOCC(=O)O)cc1[N+](=O)[O-]. The average Bonchev–Trinajstić information content (AvgIpc) is 2.44. The van der Waals surface area contributed by atoms with Gasteiger partial charge in [0.2, 0.25) is 0 Å². The Morgan fingerprint density at radius 1 is 1.35 bits per heavy atom. The highest BCUT2D eigenvalue weighted by Gasteiger charge is 2.25. The number of carboxylic acid groups (broad SMARTS) is 1. The standard InChI is InChI=1S/C15H20N2O6/c1-15(2,3)11-5-4-10(8-12(11)17(21)22)14(20)16-6-7-23-9-13(18)19/h4-5,8H,6-7,9H2,1-3H3,(H,16,20)(H,18,19). The molecular weight excluding hydrogens is 304 g/mol. The van der Waals surface area contributed by atoms with Crippen LogP contribution in [-0.4, -0.2) is 41.7 Å². The number of nitrogens with one attached hydrogen (secondary N) is 1. The Balaban J connectivity index is 2.77. The Bertz CT molecular complexity index is 606. The van der Waals surface area contributed by atoms with Crippen LogP contribution in [0.5, 0.6) is 0 Å². The first-order chi connectivity index (χ1) is 10.6. The maximum atomic E-state index is 12.0. The number of nitro benzene ring substituents is 1. The van der Waals surface area contributed by atoms with Crippen molar-refractivity contribution < 1.29 is 24.4 Å². The third kappa shape index (κ3) is 5.67. The van der Waals surface area contributed by atoms with E-state index in [1.54, 1.807) is 6.07 Å². The van der Waals surface area contributed by atoms with Crippen molar-refractivity contribution in [3.05, 3.63) is 39.4 Å². The van der Waals surface area contributed by atoms with Crippen LogP contribution in [-0.2, 0) is 14.9 Å². The van der Waals surface area contributed by atoms with Crippen molar-refractivity contribution in [1.29, 1.82) is 0 Å². The molecule has 2 N–H and O–H groups in total. The lowest BCUT2D eigenvalue weighted by molar-refractivity contribution is -0.386. The molecule has 8 nitrogen and oxygen atoms in total. The summed E-state index contributed by atoms with van der Waals surface area (Å²) in [5.74, 6) is -1.57. The highest BCUT2D eigenvalue weighted by molar-refractivity contribution is 5.95. The summed E-state index contributed by atoms with van der Waals surface area (Å²) in [4.78, 5) is 32.9. The van der Waals surface area contributed by atoms with Gasteiger partial charge in [0.1, 0.15) is 6.61 Å². The van der Waals surface area contributed by atoms with Crippen molar-refractivity contribution in [1.82, 2.24) is 5.32 Å². The molecule has 0 radical (unpaired) electrons. The predicted octanol–water partition coefficient (Wildman–Crippen LogP) is 1.72. The van der Waals surface area contributed by atoms with Gasteiger partial charge in [0.15, 0.2) is 0 Å². The molecule has 1 amide bonds. The van der Waals surface area contributed by atoms with Crippen LogP contribution in [0.4, 0.5) is 5.69 Å². The maximum Gasteiger partial charge on any atom is 0.329 e. The van der Waals surface area contributed by atoms with E-state index in [0.717, 1.165) is 0 Å². The van der Waals surface area contributed by atoms with E-state index in [1.807, 2.05) is 20.8 Å². The minimum Gasteiger partial charge on any atom is -0.480 e. The van der Waals surface area contributed by atoms with Crippen LogP contribution in [0.25, 0.3) is 0 Å². The van der Waals surface area contributed by atoms with E-state index in [4.69, 9.17) is 9.84 Å². The molecule has 0 aromatic heterocycles. The van der Waals surface area contributed by atoms with E-state index in [-0.39, 0.29) is 24.4 Å². The molecule has 0 saturated carbocycles. The number of carbonyl (C=O) groups excluding carboxylic acids is 1. The summed E-state index contributed by atoms with van der Waals surface area (Å²) in [7, 11) is 0. The van der Waals surface area contributed by atoms with E-state index in [1.165, 1.54) is 12.1 Å². The molecule has 0 aliphatic carbocycles. The fourth-order valence-corrected chi connectivity index (χ4v) is 1.96. The van der Waals surface area contributed by atoms with Crippen molar-refractivity contribution in [2.45, 2.75) is 26.2 Å². The van der Waals surface area contributed by atoms with E-state index in [0.29, 0.717) is 5.56 Å². The van der Waals surface area contributed by atoms with Gasteiger partial charge < -0.3 is 15.2 Å². The zero-order chi connectivity index (χ0) is 17.6. The number of nitrogens with zero attached hydrogens (tertiary/aromatic N) is 1. The molecule has 1 aromatic carbocycles. The van der Waals surface area contributed by atoms with Gasteiger partial charge in [-0.1, -0.05) is 26.8 Å². The van der Waals surface area contributed by atoms with Gasteiger partial charge in [0.25, 0.3) is 11.6 Å². The number of hydrogen-bond acceptors (Lipinski definition) is 5. The first-order valence-corrected chi connectivity index (χ1v) is 6.99. The van der Waals surface area contributed by atoms with Crippen molar-refractivity contribution in [2.24, 2.45) is 0 Å². The van der Waals surface area contributed by atoms with E-state index in [9.17, 15) is 19.7 Å². The highest BCUT2D eigenvalue weighted by Crippen LogP contribution is 2.31. The monoisotopic (exact) mass is 324 g/mol. The van der Waals surface area contributed by atoms with Gasteiger partial charge in [-0.3, -0.25) is 14.9 Å². The Hall–Kier alpha value is -2.48. The molecule has 0 unspecified atom stereocenters. The summed E-state index contributed by atoms with van der Waals surface area (Å²) in [5, 5.41) is 22.1. The summed E-state index contributed by atoms with van der Waals surface area (Å²) in [6.07, 6.45) is 0. The second-order valence-corrected chi connectivity index (χ2v) is 5.94. The molecule has 0 fully saturated rings. The normalized spacial score (nSPS) is 11.1. The van der Waals surface area contributed by atoms with Crippen LogP contribution in [0.2, 0.25) is 0 Å². The van der Waals surface area contributed by atoms with Crippen LogP contribution < -0.4 is 5.32 Å². The van der Waals surface area contributed by atoms with E-state index >= 15 is 0 Å². The lowest BCUT2D eigenvalue weighted by Crippen LogP contribution is -2.28. The van der Waals surface area contributed by atoms with E-state index in [2.05, 4.69) is 5.32 Å². The number of hydrogen-bond donors (Lipinski definition) is 2. The number of amides is 1. The summed E-state index contributed by atoms with van der Waals surface area (Å²) in [6.45, 7) is 5.28. The molecule has 126 valence electrons. The Morgan fingerprint density at radius 3 is 2.52 bits per heavy atom. The van der Waals surface area contributed by atoms with Crippen molar-refractivity contribution >= 4 is 17.6 Å². The third-order valence-corrected chi connectivity index (χ3v) is 3.02. The van der Waals surface area contributed by atoms with Crippen molar-refractivity contribution in [2.75, 3.05) is 19.8 Å². The van der Waals surface area contributed by atoms with Crippen molar-refractivity contribution in [3.8, 4) is 0 Å².